The Labute approximate surface area is 288 Å². The second-order valence-electron chi connectivity index (χ2n) is 12.3. The summed E-state index contributed by atoms with van der Waals surface area (Å²) in [5.74, 6) is -0.467. The number of rotatable bonds is 30. The topological polar surface area (TPSA) is 180 Å². The number of unbranched alkanes of at least 4 members (excludes halogenated alkanes) is 7. The fourth-order valence-electron chi connectivity index (χ4n) is 4.55. The molecule has 0 fully saturated rings. The highest BCUT2D eigenvalue weighted by molar-refractivity contribution is 7.46. The predicted octanol–water partition coefficient (Wildman–Crippen LogP) is 6.78. The maximum absolute atomic E-state index is 12.4. The summed E-state index contributed by atoms with van der Waals surface area (Å²) in [6.45, 7) is 5.51. The van der Waals surface area contributed by atoms with Gasteiger partial charge in [-0.05, 0) is 31.6 Å². The zero-order chi connectivity index (χ0) is 36.0. The molecule has 5 N–H and O–H groups in total. The van der Waals surface area contributed by atoms with Crippen molar-refractivity contribution in [2.75, 3.05) is 13.2 Å². The summed E-state index contributed by atoms with van der Waals surface area (Å²) in [5, 5.41) is 30.2. The molecule has 1 unspecified atom stereocenters. The summed E-state index contributed by atoms with van der Waals surface area (Å²) in [5.41, 5.74) is 0. The molecule has 0 aromatic heterocycles. The molecular formula is C36H63O11P. The van der Waals surface area contributed by atoms with E-state index in [2.05, 4.69) is 25.3 Å². The first-order chi connectivity index (χ1) is 22.9. The van der Waals surface area contributed by atoms with Gasteiger partial charge in [0.15, 0.2) is 6.10 Å². The van der Waals surface area contributed by atoms with Crippen molar-refractivity contribution >= 4 is 19.8 Å². The SMILES string of the molecule is CCCCC[C@H](O)/C=C/C=C\C=C\C=C\[C@H](O)[C@@H](O)CCCC(=O)O[C@H](COC(=O)CCCCCCCCC(C)CC)COP(=O)(O)O. The molecule has 0 radical (unpaired) electrons. The van der Waals surface area contributed by atoms with Crippen LogP contribution in [0.4, 0.5) is 0 Å². The molecule has 0 aliphatic carbocycles. The number of phosphoric acid groups is 1. The molecule has 0 bridgehead atoms. The number of allylic oxidation sites excluding steroid dienone is 6. The Morgan fingerprint density at radius 3 is 1.92 bits per heavy atom. The van der Waals surface area contributed by atoms with Gasteiger partial charge in [0.2, 0.25) is 0 Å². The first-order valence-electron chi connectivity index (χ1n) is 17.7. The van der Waals surface area contributed by atoms with Gasteiger partial charge in [0, 0.05) is 12.8 Å². The van der Waals surface area contributed by atoms with Crippen molar-refractivity contribution in [2.24, 2.45) is 5.92 Å². The molecule has 0 aliphatic heterocycles. The van der Waals surface area contributed by atoms with Gasteiger partial charge in [-0.15, -0.1) is 0 Å². The van der Waals surface area contributed by atoms with E-state index in [-0.39, 0.29) is 25.7 Å². The van der Waals surface area contributed by atoms with Gasteiger partial charge in [-0.3, -0.25) is 14.1 Å². The average molecular weight is 703 g/mol. The van der Waals surface area contributed by atoms with E-state index < -0.39 is 57.4 Å². The van der Waals surface area contributed by atoms with E-state index in [1.54, 1.807) is 42.5 Å². The summed E-state index contributed by atoms with van der Waals surface area (Å²) in [6, 6.07) is 0. The maximum Gasteiger partial charge on any atom is 0.469 e. The van der Waals surface area contributed by atoms with Crippen molar-refractivity contribution in [3.8, 4) is 0 Å². The molecule has 0 heterocycles. The second kappa shape index (κ2) is 29.8. The minimum absolute atomic E-state index is 0.0894. The number of phosphoric ester groups is 1. The van der Waals surface area contributed by atoms with Crippen molar-refractivity contribution in [3.63, 3.8) is 0 Å². The van der Waals surface area contributed by atoms with Crippen molar-refractivity contribution in [2.45, 2.75) is 148 Å². The average Bonchev–Trinajstić information content (AvgIpc) is 3.04. The molecule has 0 aromatic rings. The zero-order valence-electron chi connectivity index (χ0n) is 29.4. The number of hydrogen-bond acceptors (Lipinski definition) is 9. The first-order valence-corrected chi connectivity index (χ1v) is 19.2. The third-order valence-corrected chi connectivity index (χ3v) is 8.24. The number of aliphatic hydroxyl groups is 3. The van der Waals surface area contributed by atoms with E-state index in [0.29, 0.717) is 6.42 Å². The minimum atomic E-state index is -4.84. The van der Waals surface area contributed by atoms with E-state index >= 15 is 0 Å². The highest BCUT2D eigenvalue weighted by atomic mass is 31.2. The standard InChI is InChI=1S/C36H63O11P/c1-4-6-15-22-31(37)23-17-12-8-9-13-18-24-33(38)34(39)25-20-27-36(41)47-32(29-46-48(42,43)44)28-45-35(40)26-19-14-10-7-11-16-21-30(3)5-2/h8-9,12-13,17-18,23-24,30-34,37-39H,4-7,10-11,14-16,19-22,25-29H2,1-3H3,(H2,42,43,44)/b12-8-,13-9+,23-17+,24-18+/t30?,31-,32+,33-,34-/m0/s1. The smallest absolute Gasteiger partial charge is 0.462 e. The molecule has 48 heavy (non-hydrogen) atoms. The van der Waals surface area contributed by atoms with Crippen LogP contribution in [0.5, 0.6) is 0 Å². The molecule has 0 saturated carbocycles. The van der Waals surface area contributed by atoms with E-state index in [0.717, 1.165) is 50.9 Å². The van der Waals surface area contributed by atoms with Crippen LogP contribution in [-0.4, -0.2) is 74.7 Å². The minimum Gasteiger partial charge on any atom is -0.462 e. The van der Waals surface area contributed by atoms with E-state index in [4.69, 9.17) is 19.3 Å². The fourth-order valence-corrected chi connectivity index (χ4v) is 4.91. The third-order valence-electron chi connectivity index (χ3n) is 7.76. The number of esters is 2. The van der Waals surface area contributed by atoms with Crippen LogP contribution >= 0.6 is 7.82 Å². The summed E-state index contributed by atoms with van der Waals surface area (Å²) in [7, 11) is -4.84. The number of carbonyl (C=O) groups excluding carboxylic acids is 2. The monoisotopic (exact) mass is 702 g/mol. The van der Waals surface area contributed by atoms with Gasteiger partial charge >= 0.3 is 19.8 Å². The number of ether oxygens (including phenoxy) is 2. The lowest BCUT2D eigenvalue weighted by Crippen LogP contribution is -2.29. The molecule has 0 amide bonds. The third kappa shape index (κ3) is 30.0. The van der Waals surface area contributed by atoms with Gasteiger partial charge in [-0.2, -0.15) is 0 Å². The van der Waals surface area contributed by atoms with Gasteiger partial charge in [0.1, 0.15) is 6.61 Å². The van der Waals surface area contributed by atoms with Crippen LogP contribution in [-0.2, 0) is 28.2 Å². The van der Waals surface area contributed by atoms with Crippen molar-refractivity contribution < 1.29 is 53.3 Å². The molecule has 0 aromatic carbocycles. The molecule has 12 heteroatoms. The zero-order valence-corrected chi connectivity index (χ0v) is 30.3. The fraction of sp³-hybridized carbons (Fsp3) is 0.722. The van der Waals surface area contributed by atoms with E-state index in [1.807, 2.05) is 0 Å². The molecule has 11 nitrogen and oxygen atoms in total. The Morgan fingerprint density at radius 1 is 0.688 bits per heavy atom. The highest BCUT2D eigenvalue weighted by Gasteiger charge is 2.23. The van der Waals surface area contributed by atoms with Gasteiger partial charge in [0.25, 0.3) is 0 Å². The Morgan fingerprint density at radius 2 is 1.27 bits per heavy atom. The van der Waals surface area contributed by atoms with Crippen LogP contribution < -0.4 is 0 Å². The number of hydrogen-bond donors (Lipinski definition) is 5. The van der Waals surface area contributed by atoms with Gasteiger partial charge < -0.3 is 34.6 Å². The quantitative estimate of drug-likeness (QED) is 0.0231. The van der Waals surface area contributed by atoms with Gasteiger partial charge in [-0.1, -0.05) is 134 Å². The van der Waals surface area contributed by atoms with Crippen molar-refractivity contribution in [1.29, 1.82) is 0 Å². The lowest BCUT2D eigenvalue weighted by atomic mass is 10.00. The van der Waals surface area contributed by atoms with Gasteiger partial charge in [0.05, 0.1) is 24.9 Å². The van der Waals surface area contributed by atoms with E-state index in [9.17, 15) is 29.5 Å². The lowest BCUT2D eigenvalue weighted by Gasteiger charge is -2.19. The summed E-state index contributed by atoms with van der Waals surface area (Å²) in [4.78, 5) is 42.6. The molecule has 0 spiro atoms. The second-order valence-corrected chi connectivity index (χ2v) is 13.5. The van der Waals surface area contributed by atoms with Crippen LogP contribution in [0.1, 0.15) is 124 Å². The van der Waals surface area contributed by atoms with Crippen molar-refractivity contribution in [1.82, 2.24) is 0 Å². The highest BCUT2D eigenvalue weighted by Crippen LogP contribution is 2.36. The lowest BCUT2D eigenvalue weighted by molar-refractivity contribution is -0.161. The molecule has 0 aliphatic rings. The van der Waals surface area contributed by atoms with Crippen LogP contribution in [0, 0.1) is 5.92 Å². The molecular weight excluding hydrogens is 639 g/mol. The van der Waals surface area contributed by atoms with Crippen LogP contribution in [0.15, 0.2) is 48.6 Å². The molecule has 0 rings (SSSR count). The van der Waals surface area contributed by atoms with E-state index in [1.165, 1.54) is 31.8 Å². The van der Waals surface area contributed by atoms with Gasteiger partial charge in [-0.25, -0.2) is 4.57 Å². The normalized spacial score (nSPS) is 15.8. The van der Waals surface area contributed by atoms with Crippen LogP contribution in [0.25, 0.3) is 0 Å². The number of aliphatic hydroxyl groups excluding tert-OH is 3. The number of carbonyl (C=O) groups is 2. The Bertz CT molecular complexity index is 988. The molecule has 5 atom stereocenters. The summed E-state index contributed by atoms with van der Waals surface area (Å²) >= 11 is 0. The maximum atomic E-state index is 12.4. The van der Waals surface area contributed by atoms with Crippen molar-refractivity contribution in [3.05, 3.63) is 48.6 Å². The van der Waals surface area contributed by atoms with Crippen LogP contribution in [0.3, 0.4) is 0 Å². The summed E-state index contributed by atoms with van der Waals surface area (Å²) < 4.78 is 26.0. The first kappa shape index (κ1) is 45.9. The molecule has 0 saturated heterocycles. The Hall–Kier alpha value is -2.11. The Kier molecular flexibility index (Phi) is 28.5. The van der Waals surface area contributed by atoms with Crippen LogP contribution in [0.2, 0.25) is 0 Å². The molecule has 278 valence electrons. The Balaban J connectivity index is 4.43. The summed E-state index contributed by atoms with van der Waals surface area (Å²) in [6.07, 6.45) is 22.3. The predicted molar refractivity (Wildman–Crippen MR) is 188 cm³/mol. The largest absolute Gasteiger partial charge is 0.469 e.